The third kappa shape index (κ3) is 2.34. The second kappa shape index (κ2) is 5.13. The number of imidazole rings is 1. The number of hydrogen-bond acceptors (Lipinski definition) is 2. The van der Waals surface area contributed by atoms with Crippen molar-refractivity contribution in [1.29, 1.82) is 0 Å². The van der Waals surface area contributed by atoms with E-state index in [1.807, 2.05) is 12.1 Å². The molecule has 1 aromatic carbocycles. The molecule has 3 nitrogen and oxygen atoms in total. The van der Waals surface area contributed by atoms with Crippen molar-refractivity contribution in [3.63, 3.8) is 0 Å². The summed E-state index contributed by atoms with van der Waals surface area (Å²) in [6, 6.07) is 5.94. The Morgan fingerprint density at radius 3 is 2.70 bits per heavy atom. The van der Waals surface area contributed by atoms with E-state index < -0.39 is 11.6 Å². The van der Waals surface area contributed by atoms with Crippen LogP contribution in [-0.4, -0.2) is 14.5 Å². The van der Waals surface area contributed by atoms with Crippen LogP contribution in [0.3, 0.4) is 0 Å². The fourth-order valence-electron chi connectivity index (χ4n) is 2.19. The highest BCUT2D eigenvalue weighted by atomic mass is 32.1. The normalized spacial score (nSPS) is 11.1. The monoisotopic (exact) mass is 291 g/mol. The summed E-state index contributed by atoms with van der Waals surface area (Å²) in [6.45, 7) is 0.547. The minimum atomic E-state index is -0.631. The van der Waals surface area contributed by atoms with Crippen LogP contribution < -0.4 is 0 Å². The van der Waals surface area contributed by atoms with Crippen molar-refractivity contribution in [1.82, 2.24) is 14.5 Å². The largest absolute Gasteiger partial charge is 0.328 e. The van der Waals surface area contributed by atoms with Crippen molar-refractivity contribution in [3.8, 4) is 0 Å². The van der Waals surface area contributed by atoms with Crippen LogP contribution in [0, 0.1) is 16.4 Å². The Morgan fingerprint density at radius 1 is 1.20 bits per heavy atom. The predicted molar refractivity (Wildman–Crippen MR) is 75.0 cm³/mol. The molecule has 0 saturated carbocycles. The van der Waals surface area contributed by atoms with Crippen molar-refractivity contribution in [2.75, 3.05) is 0 Å². The maximum absolute atomic E-state index is 13.7. The molecular weight excluding hydrogens is 280 g/mol. The smallest absolute Gasteiger partial charge is 0.178 e. The first-order valence-electron chi connectivity index (χ1n) is 6.11. The van der Waals surface area contributed by atoms with E-state index in [2.05, 4.69) is 9.97 Å². The molecule has 0 spiro atoms. The summed E-state index contributed by atoms with van der Waals surface area (Å²) in [5, 5.41) is 0. The number of fused-ring (bicyclic) bond motifs is 1. The van der Waals surface area contributed by atoms with Crippen molar-refractivity contribution in [2.24, 2.45) is 0 Å². The molecule has 3 aromatic rings. The van der Waals surface area contributed by atoms with Gasteiger partial charge in [-0.25, -0.2) is 8.78 Å². The van der Waals surface area contributed by atoms with Crippen LogP contribution >= 0.6 is 12.2 Å². The molecule has 0 aliphatic rings. The molecule has 0 aliphatic heterocycles. The topological polar surface area (TPSA) is 33.6 Å². The van der Waals surface area contributed by atoms with Crippen LogP contribution in [0.25, 0.3) is 11.0 Å². The predicted octanol–water partition coefficient (Wildman–Crippen LogP) is 3.61. The number of aryl methyl sites for hydroxylation is 2. The molecule has 1 N–H and O–H groups in total. The summed E-state index contributed by atoms with van der Waals surface area (Å²) in [4.78, 5) is 6.73. The Hall–Kier alpha value is -2.08. The quantitative estimate of drug-likeness (QED) is 0.748. The lowest BCUT2D eigenvalue weighted by Crippen LogP contribution is -2.01. The van der Waals surface area contributed by atoms with Gasteiger partial charge in [0, 0.05) is 25.0 Å². The zero-order valence-corrected chi connectivity index (χ0v) is 11.3. The molecule has 0 unspecified atom stereocenters. The highest BCUT2D eigenvalue weighted by Gasteiger charge is 2.10. The lowest BCUT2D eigenvalue weighted by Gasteiger charge is -2.05. The average molecular weight is 291 g/mol. The van der Waals surface area contributed by atoms with Gasteiger partial charge in [-0.2, -0.15) is 0 Å². The Kier molecular flexibility index (Phi) is 3.31. The molecule has 2 heterocycles. The number of aromatic nitrogens is 3. The second-order valence-corrected chi connectivity index (χ2v) is 4.86. The molecule has 0 fully saturated rings. The lowest BCUT2D eigenvalue weighted by atomic mass is 10.2. The van der Waals surface area contributed by atoms with E-state index in [9.17, 15) is 8.78 Å². The number of aromatic amines is 1. The third-order valence-corrected chi connectivity index (χ3v) is 3.50. The SMILES string of the molecule is Fc1cc(F)c2[nH]c(=S)n(CCc3ccncc3)c2c1. The van der Waals surface area contributed by atoms with Gasteiger partial charge in [0.05, 0.1) is 5.52 Å². The molecular formula is C14H11F2N3S. The van der Waals surface area contributed by atoms with Gasteiger partial charge in [0.2, 0.25) is 0 Å². The van der Waals surface area contributed by atoms with Crippen LogP contribution in [-0.2, 0) is 13.0 Å². The zero-order valence-electron chi connectivity index (χ0n) is 10.4. The molecule has 6 heteroatoms. The van der Waals surface area contributed by atoms with Gasteiger partial charge in [0.25, 0.3) is 0 Å². The number of hydrogen-bond donors (Lipinski definition) is 1. The van der Waals surface area contributed by atoms with Gasteiger partial charge in [0.15, 0.2) is 10.6 Å². The number of nitrogens with zero attached hydrogens (tertiary/aromatic N) is 2. The standard InChI is InChI=1S/C14H11F2N3S/c15-10-7-11(16)13-12(8-10)19(14(20)18-13)6-3-9-1-4-17-5-2-9/h1-2,4-5,7-8H,3,6H2,(H,18,20). The molecule has 3 rings (SSSR count). The van der Waals surface area contributed by atoms with Gasteiger partial charge in [-0.1, -0.05) is 0 Å². The van der Waals surface area contributed by atoms with E-state index in [-0.39, 0.29) is 5.52 Å². The van der Waals surface area contributed by atoms with Crippen LogP contribution in [0.1, 0.15) is 5.56 Å². The molecule has 20 heavy (non-hydrogen) atoms. The fourth-order valence-corrected chi connectivity index (χ4v) is 2.48. The van der Waals surface area contributed by atoms with E-state index in [0.29, 0.717) is 23.3 Å². The first-order valence-corrected chi connectivity index (χ1v) is 6.52. The van der Waals surface area contributed by atoms with Crippen LogP contribution in [0.15, 0.2) is 36.7 Å². The van der Waals surface area contributed by atoms with Crippen LogP contribution in [0.4, 0.5) is 8.78 Å². The summed E-state index contributed by atoms with van der Waals surface area (Å²) < 4.78 is 29.1. The van der Waals surface area contributed by atoms with Gasteiger partial charge >= 0.3 is 0 Å². The van der Waals surface area contributed by atoms with Gasteiger partial charge in [0.1, 0.15) is 11.3 Å². The molecule has 0 amide bonds. The highest BCUT2D eigenvalue weighted by molar-refractivity contribution is 7.71. The first kappa shape index (κ1) is 12.9. The summed E-state index contributed by atoms with van der Waals surface area (Å²) in [6.07, 6.45) is 4.13. The number of rotatable bonds is 3. The molecule has 0 saturated heterocycles. The van der Waals surface area contributed by atoms with E-state index in [4.69, 9.17) is 12.2 Å². The molecule has 0 atom stereocenters. The first-order chi connectivity index (χ1) is 9.65. The minimum Gasteiger partial charge on any atom is -0.328 e. The number of nitrogens with one attached hydrogen (secondary N) is 1. The van der Waals surface area contributed by atoms with E-state index in [0.717, 1.165) is 11.6 Å². The highest BCUT2D eigenvalue weighted by Crippen LogP contribution is 2.19. The Balaban J connectivity index is 1.99. The Bertz CT molecular complexity index is 808. The minimum absolute atomic E-state index is 0.242. The van der Waals surface area contributed by atoms with Crippen molar-refractivity contribution < 1.29 is 8.78 Å². The van der Waals surface area contributed by atoms with Gasteiger partial charge in [-0.3, -0.25) is 4.98 Å². The summed E-state index contributed by atoms with van der Waals surface area (Å²) in [5.41, 5.74) is 1.78. The van der Waals surface area contributed by atoms with E-state index in [1.165, 1.54) is 6.07 Å². The van der Waals surface area contributed by atoms with Crippen molar-refractivity contribution in [3.05, 3.63) is 58.6 Å². The maximum Gasteiger partial charge on any atom is 0.178 e. The Morgan fingerprint density at radius 2 is 1.95 bits per heavy atom. The average Bonchev–Trinajstić information content (AvgIpc) is 2.74. The number of benzene rings is 1. The van der Waals surface area contributed by atoms with Gasteiger partial charge < -0.3 is 9.55 Å². The summed E-state index contributed by atoms with van der Waals surface area (Å²) >= 11 is 5.18. The van der Waals surface area contributed by atoms with Gasteiger partial charge in [-0.15, -0.1) is 0 Å². The van der Waals surface area contributed by atoms with Crippen LogP contribution in [0.2, 0.25) is 0 Å². The molecule has 0 aliphatic carbocycles. The van der Waals surface area contributed by atoms with E-state index in [1.54, 1.807) is 17.0 Å². The number of H-pyrrole nitrogens is 1. The van der Waals surface area contributed by atoms with Gasteiger partial charge in [-0.05, 0) is 42.4 Å². The fraction of sp³-hybridized carbons (Fsp3) is 0.143. The summed E-state index contributed by atoms with van der Waals surface area (Å²) in [5.74, 6) is -1.24. The van der Waals surface area contributed by atoms with Crippen LogP contribution in [0.5, 0.6) is 0 Å². The van der Waals surface area contributed by atoms with Crippen molar-refractivity contribution >= 4 is 23.3 Å². The lowest BCUT2D eigenvalue weighted by molar-refractivity contribution is 0.589. The molecule has 0 bridgehead atoms. The molecule has 2 aromatic heterocycles. The summed E-state index contributed by atoms with van der Waals surface area (Å²) in [7, 11) is 0. The Labute approximate surface area is 118 Å². The number of halogens is 2. The number of pyridine rings is 1. The zero-order chi connectivity index (χ0) is 14.1. The maximum atomic E-state index is 13.7. The molecule has 102 valence electrons. The third-order valence-electron chi connectivity index (χ3n) is 3.18. The van der Waals surface area contributed by atoms with E-state index >= 15 is 0 Å². The van der Waals surface area contributed by atoms with Crippen molar-refractivity contribution in [2.45, 2.75) is 13.0 Å². The second-order valence-electron chi connectivity index (χ2n) is 4.47. The molecule has 0 radical (unpaired) electrons.